The van der Waals surface area contributed by atoms with Gasteiger partial charge < -0.3 is 9.47 Å². The van der Waals surface area contributed by atoms with Crippen LogP contribution in [0.2, 0.25) is 0 Å². The third-order valence-electron chi connectivity index (χ3n) is 2.37. The van der Waals surface area contributed by atoms with Crippen molar-refractivity contribution < 1.29 is 14.4 Å². The lowest BCUT2D eigenvalue weighted by molar-refractivity contribution is -0.385. The van der Waals surface area contributed by atoms with Crippen LogP contribution in [0.5, 0.6) is 5.75 Å². The number of nitrogens with zero attached hydrogens (tertiary/aromatic N) is 1. The van der Waals surface area contributed by atoms with E-state index in [0.29, 0.717) is 24.3 Å². The van der Waals surface area contributed by atoms with E-state index in [1.807, 2.05) is 6.07 Å². The zero-order valence-corrected chi connectivity index (χ0v) is 11.8. The Hall–Kier alpha value is -1.14. The number of methoxy groups -OCH3 is 1. The lowest BCUT2D eigenvalue weighted by atomic mass is 10.2. The van der Waals surface area contributed by atoms with Crippen LogP contribution in [-0.4, -0.2) is 25.2 Å². The standard InChI is InChI=1S/C12H16BrNO4/c1-17-6-2-3-7-18-12-5-4-10(9-13)8-11(12)14(15)16/h4-5,8H,2-3,6-7,9H2,1H3. The number of ether oxygens (including phenoxy) is 2. The Morgan fingerprint density at radius 1 is 1.33 bits per heavy atom. The zero-order chi connectivity index (χ0) is 13.4. The van der Waals surface area contributed by atoms with Gasteiger partial charge in [-0.1, -0.05) is 22.0 Å². The average Bonchev–Trinajstić information content (AvgIpc) is 2.38. The first-order valence-electron chi connectivity index (χ1n) is 5.64. The van der Waals surface area contributed by atoms with Crippen LogP contribution in [0.25, 0.3) is 0 Å². The molecule has 18 heavy (non-hydrogen) atoms. The first-order chi connectivity index (χ1) is 8.69. The normalized spacial score (nSPS) is 10.3. The van der Waals surface area contributed by atoms with Crippen LogP contribution in [0.15, 0.2) is 18.2 Å². The number of hydrogen-bond acceptors (Lipinski definition) is 4. The van der Waals surface area contributed by atoms with Gasteiger partial charge in [0.25, 0.3) is 0 Å². The molecule has 100 valence electrons. The van der Waals surface area contributed by atoms with Crippen LogP contribution in [-0.2, 0) is 10.1 Å². The molecule has 0 heterocycles. The fourth-order valence-corrected chi connectivity index (χ4v) is 1.79. The average molecular weight is 318 g/mol. The molecule has 0 amide bonds. The maximum atomic E-state index is 10.9. The van der Waals surface area contributed by atoms with E-state index in [0.717, 1.165) is 18.4 Å². The second-order valence-electron chi connectivity index (χ2n) is 3.74. The van der Waals surface area contributed by atoms with Gasteiger partial charge >= 0.3 is 5.69 Å². The van der Waals surface area contributed by atoms with E-state index in [-0.39, 0.29) is 5.69 Å². The highest BCUT2D eigenvalue weighted by atomic mass is 79.9. The molecular formula is C12H16BrNO4. The number of alkyl halides is 1. The van der Waals surface area contributed by atoms with Crippen molar-refractivity contribution >= 4 is 21.6 Å². The van der Waals surface area contributed by atoms with Gasteiger partial charge in [-0.05, 0) is 24.5 Å². The monoisotopic (exact) mass is 317 g/mol. The summed E-state index contributed by atoms with van der Waals surface area (Å²) in [5.74, 6) is 0.321. The molecule has 0 bridgehead atoms. The summed E-state index contributed by atoms with van der Waals surface area (Å²) >= 11 is 3.27. The molecule has 0 saturated carbocycles. The Balaban J connectivity index is 2.61. The molecule has 0 aliphatic carbocycles. The molecule has 6 heteroatoms. The minimum Gasteiger partial charge on any atom is -0.487 e. The lowest BCUT2D eigenvalue weighted by Crippen LogP contribution is -2.02. The van der Waals surface area contributed by atoms with Crippen molar-refractivity contribution in [2.24, 2.45) is 0 Å². The molecule has 0 spiro atoms. The fraction of sp³-hybridized carbons (Fsp3) is 0.500. The number of rotatable bonds is 8. The summed E-state index contributed by atoms with van der Waals surface area (Å²) in [6.45, 7) is 1.13. The van der Waals surface area contributed by atoms with Crippen LogP contribution >= 0.6 is 15.9 Å². The number of benzene rings is 1. The second-order valence-corrected chi connectivity index (χ2v) is 4.30. The van der Waals surface area contributed by atoms with E-state index in [1.165, 1.54) is 6.07 Å². The van der Waals surface area contributed by atoms with Crippen molar-refractivity contribution in [3.8, 4) is 5.75 Å². The second kappa shape index (κ2) is 8.05. The van der Waals surface area contributed by atoms with E-state index in [9.17, 15) is 10.1 Å². The predicted octanol–water partition coefficient (Wildman–Crippen LogP) is 3.30. The number of halogens is 1. The van der Waals surface area contributed by atoms with Gasteiger partial charge in [0.2, 0.25) is 0 Å². The van der Waals surface area contributed by atoms with E-state index < -0.39 is 4.92 Å². The molecule has 0 aliphatic heterocycles. The predicted molar refractivity (Wildman–Crippen MR) is 72.3 cm³/mol. The van der Waals surface area contributed by atoms with Gasteiger partial charge in [0.05, 0.1) is 11.5 Å². The van der Waals surface area contributed by atoms with Crippen LogP contribution < -0.4 is 4.74 Å². The maximum absolute atomic E-state index is 10.9. The first-order valence-corrected chi connectivity index (χ1v) is 6.76. The molecule has 0 fully saturated rings. The summed E-state index contributed by atoms with van der Waals surface area (Å²) in [5, 5.41) is 11.5. The molecule has 5 nitrogen and oxygen atoms in total. The minimum absolute atomic E-state index is 0.0127. The van der Waals surface area contributed by atoms with Crippen LogP contribution in [0, 0.1) is 10.1 Å². The highest BCUT2D eigenvalue weighted by molar-refractivity contribution is 9.08. The van der Waals surface area contributed by atoms with Crippen molar-refractivity contribution in [1.29, 1.82) is 0 Å². The van der Waals surface area contributed by atoms with E-state index in [1.54, 1.807) is 13.2 Å². The zero-order valence-electron chi connectivity index (χ0n) is 10.2. The van der Waals surface area contributed by atoms with Gasteiger partial charge in [0, 0.05) is 25.1 Å². The number of hydrogen-bond donors (Lipinski definition) is 0. The summed E-state index contributed by atoms with van der Waals surface area (Å²) in [7, 11) is 1.64. The highest BCUT2D eigenvalue weighted by Crippen LogP contribution is 2.28. The van der Waals surface area contributed by atoms with Crippen LogP contribution in [0.1, 0.15) is 18.4 Å². The molecule has 0 saturated heterocycles. The topological polar surface area (TPSA) is 61.6 Å². The molecular weight excluding hydrogens is 302 g/mol. The van der Waals surface area contributed by atoms with Crippen molar-refractivity contribution in [2.75, 3.05) is 20.3 Å². The van der Waals surface area contributed by atoms with Crippen LogP contribution in [0.4, 0.5) is 5.69 Å². The number of nitro benzene ring substituents is 1. The van der Waals surface area contributed by atoms with E-state index in [4.69, 9.17) is 9.47 Å². The molecule has 1 aromatic rings. The molecule has 1 aromatic carbocycles. The molecule has 0 aromatic heterocycles. The van der Waals surface area contributed by atoms with Gasteiger partial charge in [-0.15, -0.1) is 0 Å². The summed E-state index contributed by atoms with van der Waals surface area (Å²) in [5.41, 5.74) is 0.868. The molecule has 0 radical (unpaired) electrons. The summed E-state index contributed by atoms with van der Waals surface area (Å²) in [6.07, 6.45) is 1.69. The Labute approximate surface area is 114 Å². The summed E-state index contributed by atoms with van der Waals surface area (Å²) in [6, 6.07) is 4.98. The fourth-order valence-electron chi connectivity index (χ4n) is 1.44. The van der Waals surface area contributed by atoms with Crippen molar-refractivity contribution in [3.63, 3.8) is 0 Å². The third-order valence-corrected chi connectivity index (χ3v) is 3.02. The van der Waals surface area contributed by atoms with Gasteiger partial charge in [0.15, 0.2) is 5.75 Å². The van der Waals surface area contributed by atoms with Gasteiger partial charge in [-0.2, -0.15) is 0 Å². The number of unbranched alkanes of at least 4 members (excludes halogenated alkanes) is 1. The minimum atomic E-state index is -0.420. The quantitative estimate of drug-likeness (QED) is 0.319. The number of nitro groups is 1. The molecule has 0 atom stereocenters. The molecule has 1 rings (SSSR count). The first kappa shape index (κ1) is 14.9. The summed E-state index contributed by atoms with van der Waals surface area (Å²) < 4.78 is 10.3. The summed E-state index contributed by atoms with van der Waals surface area (Å²) in [4.78, 5) is 10.5. The maximum Gasteiger partial charge on any atom is 0.311 e. The SMILES string of the molecule is COCCCCOc1ccc(CBr)cc1[N+](=O)[O-]. The molecule has 0 N–H and O–H groups in total. The molecule has 0 aliphatic rings. The van der Waals surface area contributed by atoms with E-state index >= 15 is 0 Å². The lowest BCUT2D eigenvalue weighted by Gasteiger charge is -2.07. The smallest absolute Gasteiger partial charge is 0.311 e. The third kappa shape index (κ3) is 4.62. The molecule has 0 unspecified atom stereocenters. The van der Waals surface area contributed by atoms with Gasteiger partial charge in [0.1, 0.15) is 0 Å². The van der Waals surface area contributed by atoms with Crippen molar-refractivity contribution in [2.45, 2.75) is 18.2 Å². The largest absolute Gasteiger partial charge is 0.487 e. The van der Waals surface area contributed by atoms with Crippen molar-refractivity contribution in [1.82, 2.24) is 0 Å². The van der Waals surface area contributed by atoms with Crippen LogP contribution in [0.3, 0.4) is 0 Å². The Kier molecular flexibility index (Phi) is 6.67. The Morgan fingerprint density at radius 2 is 2.06 bits per heavy atom. The van der Waals surface area contributed by atoms with Gasteiger partial charge in [-0.25, -0.2) is 0 Å². The van der Waals surface area contributed by atoms with E-state index in [2.05, 4.69) is 15.9 Å². The highest BCUT2D eigenvalue weighted by Gasteiger charge is 2.15. The van der Waals surface area contributed by atoms with Gasteiger partial charge in [-0.3, -0.25) is 10.1 Å². The van der Waals surface area contributed by atoms with Crippen molar-refractivity contribution in [3.05, 3.63) is 33.9 Å². The Bertz CT molecular complexity index is 398. The Morgan fingerprint density at radius 3 is 2.67 bits per heavy atom.